The number of fused-ring (bicyclic) bond motifs is 1. The van der Waals surface area contributed by atoms with Crippen molar-refractivity contribution in [3.8, 4) is 5.69 Å². The van der Waals surface area contributed by atoms with Gasteiger partial charge in [0.05, 0.1) is 33.4 Å². The summed E-state index contributed by atoms with van der Waals surface area (Å²) < 4.78 is 3.18. The molecule has 10 nitrogen and oxygen atoms in total. The Bertz CT molecular complexity index is 1480. The van der Waals surface area contributed by atoms with Gasteiger partial charge in [-0.3, -0.25) is 19.1 Å². The zero-order valence-corrected chi connectivity index (χ0v) is 19.7. The summed E-state index contributed by atoms with van der Waals surface area (Å²) in [7, 11) is 1.75. The Morgan fingerprint density at radius 1 is 1.03 bits per heavy atom. The predicted molar refractivity (Wildman–Crippen MR) is 134 cm³/mol. The normalized spacial score (nSPS) is 12.0. The highest BCUT2D eigenvalue weighted by Crippen LogP contribution is 2.18. The Labute approximate surface area is 198 Å². The number of thioether (sulfide) groups is 1. The van der Waals surface area contributed by atoms with Crippen molar-refractivity contribution in [2.75, 3.05) is 16.4 Å². The van der Waals surface area contributed by atoms with Gasteiger partial charge >= 0.3 is 5.69 Å². The second kappa shape index (κ2) is 9.48. The van der Waals surface area contributed by atoms with Crippen molar-refractivity contribution < 1.29 is 9.59 Å². The summed E-state index contributed by atoms with van der Waals surface area (Å²) in [6.45, 7) is 3.44. The molecule has 34 heavy (non-hydrogen) atoms. The average Bonchev–Trinajstić information content (AvgIpc) is 3.29. The first-order chi connectivity index (χ1) is 16.2. The number of carbonyl (C=O) groups excluding carboxylic acids is 2. The van der Waals surface area contributed by atoms with E-state index >= 15 is 0 Å². The molecule has 4 rings (SSSR count). The summed E-state index contributed by atoms with van der Waals surface area (Å²) in [5, 5.41) is 4.90. The van der Waals surface area contributed by atoms with Crippen LogP contribution in [0.3, 0.4) is 0 Å². The minimum atomic E-state index is -0.571. The molecule has 2 amide bonds. The predicted octanol–water partition coefficient (Wildman–Crippen LogP) is 2.35. The molecule has 0 radical (unpaired) electrons. The monoisotopic (exact) mass is 480 g/mol. The van der Waals surface area contributed by atoms with E-state index in [1.165, 1.54) is 4.68 Å². The molecule has 0 unspecified atom stereocenters. The number of nitrogens with one attached hydrogen (secondary N) is 4. The van der Waals surface area contributed by atoms with Gasteiger partial charge in [0.25, 0.3) is 5.56 Å². The van der Waals surface area contributed by atoms with Gasteiger partial charge in [-0.2, -0.15) is 0 Å². The van der Waals surface area contributed by atoms with E-state index in [0.717, 1.165) is 11.8 Å². The minimum Gasteiger partial charge on any atom is -0.325 e. The third-order valence-corrected chi connectivity index (χ3v) is 6.58. The molecule has 0 fully saturated rings. The molecule has 2 heterocycles. The lowest BCUT2D eigenvalue weighted by Gasteiger charge is -2.11. The van der Waals surface area contributed by atoms with E-state index in [1.807, 2.05) is 30.3 Å². The summed E-state index contributed by atoms with van der Waals surface area (Å²) in [6, 6.07) is 14.2. The van der Waals surface area contributed by atoms with Gasteiger partial charge in [0, 0.05) is 12.7 Å². The van der Waals surface area contributed by atoms with Crippen LogP contribution in [0.5, 0.6) is 0 Å². The van der Waals surface area contributed by atoms with Crippen molar-refractivity contribution in [3.05, 3.63) is 75.1 Å². The van der Waals surface area contributed by atoms with Crippen LogP contribution >= 0.6 is 11.8 Å². The van der Waals surface area contributed by atoms with Crippen molar-refractivity contribution in [2.45, 2.75) is 19.1 Å². The van der Waals surface area contributed by atoms with Crippen LogP contribution in [0.15, 0.2) is 58.1 Å². The van der Waals surface area contributed by atoms with Crippen molar-refractivity contribution >= 4 is 46.0 Å². The van der Waals surface area contributed by atoms with E-state index < -0.39 is 5.25 Å². The number of aromatic nitrogens is 4. The summed E-state index contributed by atoms with van der Waals surface area (Å²) >= 11 is 1.15. The third kappa shape index (κ3) is 4.69. The molecule has 0 bridgehead atoms. The Morgan fingerprint density at radius 2 is 1.74 bits per heavy atom. The third-order valence-electron chi connectivity index (χ3n) is 5.44. The number of aromatic amines is 2. The van der Waals surface area contributed by atoms with Crippen molar-refractivity contribution in [2.24, 2.45) is 7.05 Å². The number of imidazole rings is 1. The quantitative estimate of drug-likeness (QED) is 0.322. The van der Waals surface area contributed by atoms with Gasteiger partial charge in [0.2, 0.25) is 11.8 Å². The zero-order chi connectivity index (χ0) is 24.4. The molecule has 0 aliphatic heterocycles. The molecule has 4 aromatic rings. The van der Waals surface area contributed by atoms with Gasteiger partial charge in [-0.15, -0.1) is 11.8 Å². The van der Waals surface area contributed by atoms with Crippen LogP contribution < -0.4 is 21.9 Å². The van der Waals surface area contributed by atoms with Crippen molar-refractivity contribution in [1.82, 2.24) is 19.3 Å². The molecular weight excluding hydrogens is 456 g/mol. The van der Waals surface area contributed by atoms with E-state index in [9.17, 15) is 19.2 Å². The van der Waals surface area contributed by atoms with Gasteiger partial charge in [0.15, 0.2) is 0 Å². The molecule has 0 aliphatic carbocycles. The van der Waals surface area contributed by atoms with E-state index in [2.05, 4.69) is 20.6 Å². The number of hydrogen-bond donors (Lipinski definition) is 4. The lowest BCUT2D eigenvalue weighted by atomic mass is 10.3. The SMILES string of the molecule is Cc1c(NC(=O)[C@H](C)SCC(=O)Nc2ccc3[nH]c(=O)[nH]c3c2)c(=O)n(-c2ccccc2)n1C. The highest BCUT2D eigenvalue weighted by atomic mass is 32.2. The number of amides is 2. The average molecular weight is 481 g/mol. The number of H-pyrrole nitrogens is 2. The van der Waals surface area contributed by atoms with Crippen molar-refractivity contribution in [1.29, 1.82) is 0 Å². The number of benzene rings is 2. The first-order valence-corrected chi connectivity index (χ1v) is 11.6. The number of rotatable bonds is 7. The second-order valence-corrected chi connectivity index (χ2v) is 9.10. The highest BCUT2D eigenvalue weighted by molar-refractivity contribution is 8.01. The summed E-state index contributed by atoms with van der Waals surface area (Å²) in [5.74, 6) is -0.613. The number of anilines is 2. The molecule has 2 aromatic carbocycles. The topological polar surface area (TPSA) is 134 Å². The smallest absolute Gasteiger partial charge is 0.323 e. The van der Waals surface area contributed by atoms with Crippen LogP contribution in [0.4, 0.5) is 11.4 Å². The first-order valence-electron chi connectivity index (χ1n) is 10.5. The van der Waals surface area contributed by atoms with Crippen LogP contribution in [0.2, 0.25) is 0 Å². The molecule has 0 saturated heterocycles. The molecular formula is C23H24N6O4S. The Balaban J connectivity index is 1.38. The zero-order valence-electron chi connectivity index (χ0n) is 18.8. The molecule has 176 valence electrons. The van der Waals surface area contributed by atoms with Crippen LogP contribution in [-0.2, 0) is 16.6 Å². The lowest BCUT2D eigenvalue weighted by molar-refractivity contribution is -0.115. The molecule has 2 aromatic heterocycles. The molecule has 0 aliphatic rings. The van der Waals surface area contributed by atoms with E-state index in [-0.39, 0.29) is 34.5 Å². The molecule has 0 saturated carbocycles. The van der Waals surface area contributed by atoms with Crippen LogP contribution in [0, 0.1) is 6.92 Å². The standard InChI is InChI=1S/C23H24N6O4S/c1-13-20(22(32)29(28(13)3)16-7-5-4-6-8-16)27-21(31)14(2)34-12-19(30)24-15-9-10-17-18(11-15)26-23(33)25-17/h4-11,14H,12H2,1-3H3,(H,24,30)(H,27,31)(H2,25,26,33)/t14-/m0/s1. The number of nitrogens with zero attached hydrogens (tertiary/aromatic N) is 2. The van der Waals surface area contributed by atoms with Gasteiger partial charge in [0.1, 0.15) is 5.69 Å². The Kier molecular flexibility index (Phi) is 6.46. The second-order valence-electron chi connectivity index (χ2n) is 7.77. The Morgan fingerprint density at radius 3 is 2.47 bits per heavy atom. The van der Waals surface area contributed by atoms with E-state index in [4.69, 9.17) is 0 Å². The maximum atomic E-state index is 13.0. The fourth-order valence-electron chi connectivity index (χ4n) is 3.52. The van der Waals surface area contributed by atoms with Gasteiger partial charge in [-0.25, -0.2) is 9.48 Å². The maximum Gasteiger partial charge on any atom is 0.323 e. The highest BCUT2D eigenvalue weighted by Gasteiger charge is 2.21. The number of hydrogen-bond acceptors (Lipinski definition) is 5. The van der Waals surface area contributed by atoms with Crippen LogP contribution in [0.1, 0.15) is 12.6 Å². The van der Waals surface area contributed by atoms with Gasteiger partial charge in [-0.05, 0) is 44.2 Å². The maximum absolute atomic E-state index is 13.0. The number of para-hydroxylation sites is 1. The van der Waals surface area contributed by atoms with Crippen LogP contribution in [0.25, 0.3) is 16.7 Å². The minimum absolute atomic E-state index is 0.0400. The fraction of sp³-hybridized carbons (Fsp3) is 0.217. The largest absolute Gasteiger partial charge is 0.325 e. The van der Waals surface area contributed by atoms with Crippen molar-refractivity contribution in [3.63, 3.8) is 0 Å². The number of carbonyl (C=O) groups is 2. The fourth-order valence-corrected chi connectivity index (χ4v) is 4.20. The Hall–Kier alpha value is -3.99. The van der Waals surface area contributed by atoms with Crippen LogP contribution in [-0.4, -0.2) is 42.1 Å². The lowest BCUT2D eigenvalue weighted by Crippen LogP contribution is -2.28. The first kappa shape index (κ1) is 23.2. The van der Waals surface area contributed by atoms with Gasteiger partial charge in [-0.1, -0.05) is 18.2 Å². The summed E-state index contributed by atoms with van der Waals surface area (Å²) in [6.07, 6.45) is 0. The summed E-state index contributed by atoms with van der Waals surface area (Å²) in [4.78, 5) is 54.7. The molecule has 1 atom stereocenters. The van der Waals surface area contributed by atoms with E-state index in [1.54, 1.807) is 43.8 Å². The summed E-state index contributed by atoms with van der Waals surface area (Å²) in [5.41, 5.74) is 2.64. The molecule has 11 heteroatoms. The van der Waals surface area contributed by atoms with Gasteiger partial charge < -0.3 is 20.6 Å². The van der Waals surface area contributed by atoms with E-state index in [0.29, 0.717) is 28.1 Å². The molecule has 0 spiro atoms. The molecule has 4 N–H and O–H groups in total.